The first-order valence-corrected chi connectivity index (χ1v) is 10.8. The van der Waals surface area contributed by atoms with Crippen LogP contribution in [0.3, 0.4) is 0 Å². The van der Waals surface area contributed by atoms with Crippen LogP contribution in [-0.2, 0) is 9.63 Å². The average Bonchev–Trinajstić information content (AvgIpc) is 3.16. The monoisotopic (exact) mass is 458 g/mol. The van der Waals surface area contributed by atoms with E-state index in [1.807, 2.05) is 44.2 Å². The molecule has 2 saturated heterocycles. The highest BCUT2D eigenvalue weighted by Crippen LogP contribution is 2.49. The van der Waals surface area contributed by atoms with Crippen LogP contribution in [0.4, 0.5) is 5.69 Å². The van der Waals surface area contributed by atoms with Crippen molar-refractivity contribution in [2.24, 2.45) is 0 Å². The molecule has 2 aromatic carbocycles. The molecule has 4 rings (SSSR count). The molecule has 0 radical (unpaired) electrons. The van der Waals surface area contributed by atoms with E-state index in [-0.39, 0.29) is 23.1 Å². The molecule has 0 aromatic heterocycles. The lowest BCUT2D eigenvalue weighted by molar-refractivity contribution is -0.144. The quantitative estimate of drug-likeness (QED) is 0.553. The Kier molecular flexibility index (Phi) is 5.41. The van der Waals surface area contributed by atoms with Crippen molar-refractivity contribution in [3.63, 3.8) is 0 Å². The van der Waals surface area contributed by atoms with Gasteiger partial charge in [0.2, 0.25) is 0 Å². The summed E-state index contributed by atoms with van der Waals surface area (Å²) in [7, 11) is 0. The first-order valence-electron chi connectivity index (χ1n) is 10.1. The second kappa shape index (κ2) is 7.66. The first kappa shape index (κ1) is 21.9. The standard InChI is InChI=1S/C24H24Cl2N2O3/c1-15(2)27-22(30)24(14-23(27,3)4)13-20(28(31-24)17-8-6-5-7-9-17)21(29)18-11-10-16(25)12-19(18)26/h5-12,20H,1,13-14H2,2-4H3/t20-,24+/m1/s1. The Bertz CT molecular complexity index is 1070. The number of ketones is 1. The van der Waals surface area contributed by atoms with Crippen LogP contribution in [0.15, 0.2) is 60.8 Å². The molecule has 7 heteroatoms. The number of halogens is 2. The largest absolute Gasteiger partial charge is 0.309 e. The number of likely N-dealkylation sites (tertiary alicyclic amines) is 1. The van der Waals surface area contributed by atoms with E-state index in [1.165, 1.54) is 0 Å². The molecule has 1 spiro atoms. The van der Waals surface area contributed by atoms with Crippen LogP contribution in [-0.4, -0.2) is 33.8 Å². The van der Waals surface area contributed by atoms with Gasteiger partial charge in [-0.05, 0) is 51.1 Å². The molecule has 2 aliphatic heterocycles. The van der Waals surface area contributed by atoms with Crippen LogP contribution >= 0.6 is 23.2 Å². The Hall–Kier alpha value is -2.34. The lowest BCUT2D eigenvalue weighted by atomic mass is 9.86. The third-order valence-corrected chi connectivity index (χ3v) is 6.44. The predicted octanol–water partition coefficient (Wildman–Crippen LogP) is 5.67. The Morgan fingerprint density at radius 1 is 1.16 bits per heavy atom. The van der Waals surface area contributed by atoms with Gasteiger partial charge in [0.05, 0.1) is 10.7 Å². The van der Waals surface area contributed by atoms with Gasteiger partial charge in [-0.1, -0.05) is 48.0 Å². The van der Waals surface area contributed by atoms with Crippen LogP contribution in [0.25, 0.3) is 0 Å². The van der Waals surface area contributed by atoms with Crippen LogP contribution in [0.5, 0.6) is 0 Å². The first-order chi connectivity index (χ1) is 14.6. The molecule has 0 bridgehead atoms. The van der Waals surface area contributed by atoms with E-state index in [4.69, 9.17) is 28.0 Å². The number of benzene rings is 2. The summed E-state index contributed by atoms with van der Waals surface area (Å²) < 4.78 is 0. The number of amides is 1. The summed E-state index contributed by atoms with van der Waals surface area (Å²) in [6, 6.07) is 13.4. The molecular weight excluding hydrogens is 435 g/mol. The number of nitrogens with zero attached hydrogens (tertiary/aromatic N) is 2. The number of allylic oxidation sites excluding steroid dienone is 1. The minimum atomic E-state index is -1.16. The fraction of sp³-hybridized carbons (Fsp3) is 0.333. The number of carbonyl (C=O) groups excluding carboxylic acids is 2. The van der Waals surface area contributed by atoms with Crippen molar-refractivity contribution < 1.29 is 14.4 Å². The fourth-order valence-electron chi connectivity index (χ4n) is 4.81. The number of anilines is 1. The number of para-hydroxylation sites is 1. The predicted molar refractivity (Wildman–Crippen MR) is 122 cm³/mol. The molecule has 2 aliphatic rings. The fourth-order valence-corrected chi connectivity index (χ4v) is 5.31. The molecule has 162 valence electrons. The minimum absolute atomic E-state index is 0.177. The second-order valence-corrected chi connectivity index (χ2v) is 9.66. The Morgan fingerprint density at radius 3 is 2.42 bits per heavy atom. The van der Waals surface area contributed by atoms with Gasteiger partial charge in [-0.25, -0.2) is 5.06 Å². The van der Waals surface area contributed by atoms with Crippen LogP contribution in [0.1, 0.15) is 44.0 Å². The van der Waals surface area contributed by atoms with Crippen LogP contribution in [0.2, 0.25) is 10.0 Å². The van der Waals surface area contributed by atoms with Gasteiger partial charge in [0.25, 0.3) is 5.91 Å². The maximum atomic E-state index is 13.6. The van der Waals surface area contributed by atoms with Gasteiger partial charge < -0.3 is 4.90 Å². The molecule has 0 N–H and O–H groups in total. The molecule has 5 nitrogen and oxygen atoms in total. The SMILES string of the molecule is C=C(C)N1C(=O)[C@]2(C[C@H](C(=O)c3ccc(Cl)cc3Cl)N(c3ccccc3)O2)CC1(C)C. The highest BCUT2D eigenvalue weighted by atomic mass is 35.5. The molecule has 2 heterocycles. The van der Waals surface area contributed by atoms with Crippen molar-refractivity contribution in [2.75, 3.05) is 5.06 Å². The summed E-state index contributed by atoms with van der Waals surface area (Å²) in [4.78, 5) is 35.2. The smallest absolute Gasteiger partial charge is 0.262 e. The molecular formula is C24H24Cl2N2O3. The van der Waals surface area contributed by atoms with E-state index in [0.717, 1.165) is 0 Å². The van der Waals surface area contributed by atoms with Gasteiger partial charge >= 0.3 is 0 Å². The summed E-state index contributed by atoms with van der Waals surface area (Å²) >= 11 is 12.3. The third-order valence-electron chi connectivity index (χ3n) is 5.89. The molecule has 2 aromatic rings. The van der Waals surface area contributed by atoms with E-state index in [1.54, 1.807) is 35.1 Å². The topological polar surface area (TPSA) is 49.9 Å². The molecule has 0 saturated carbocycles. The van der Waals surface area contributed by atoms with Crippen molar-refractivity contribution in [3.05, 3.63) is 76.4 Å². The zero-order chi connectivity index (χ0) is 22.6. The van der Waals surface area contributed by atoms with Gasteiger partial charge in [-0.15, -0.1) is 0 Å². The number of hydrogen-bond donors (Lipinski definition) is 0. The minimum Gasteiger partial charge on any atom is -0.309 e. The average molecular weight is 459 g/mol. The zero-order valence-electron chi connectivity index (χ0n) is 17.7. The number of Topliss-reactive ketones (excluding diaryl/α,β-unsaturated/α-hetero) is 1. The number of carbonyl (C=O) groups is 2. The molecule has 0 unspecified atom stereocenters. The van der Waals surface area contributed by atoms with Crippen molar-refractivity contribution in [1.82, 2.24) is 4.90 Å². The summed E-state index contributed by atoms with van der Waals surface area (Å²) in [6.07, 6.45) is 0.652. The molecule has 0 aliphatic carbocycles. The lowest BCUT2D eigenvalue weighted by Gasteiger charge is -2.31. The maximum absolute atomic E-state index is 13.6. The second-order valence-electron chi connectivity index (χ2n) is 8.82. The van der Waals surface area contributed by atoms with Crippen molar-refractivity contribution in [3.8, 4) is 0 Å². The summed E-state index contributed by atoms with van der Waals surface area (Å²) in [5, 5.41) is 2.28. The van der Waals surface area contributed by atoms with Gasteiger partial charge in [-0.3, -0.25) is 14.4 Å². The molecule has 1 amide bonds. The summed E-state index contributed by atoms with van der Waals surface area (Å²) in [5.74, 6) is -0.398. The van der Waals surface area contributed by atoms with Gasteiger partial charge in [0.1, 0.15) is 6.04 Å². The summed E-state index contributed by atoms with van der Waals surface area (Å²) in [6.45, 7) is 9.74. The van der Waals surface area contributed by atoms with Crippen molar-refractivity contribution in [1.29, 1.82) is 0 Å². The van der Waals surface area contributed by atoms with Gasteiger partial charge in [0.15, 0.2) is 11.4 Å². The summed E-state index contributed by atoms with van der Waals surface area (Å²) in [5.41, 5.74) is 0.0529. The Morgan fingerprint density at radius 2 is 1.84 bits per heavy atom. The number of rotatable bonds is 4. The van der Waals surface area contributed by atoms with E-state index in [9.17, 15) is 9.59 Å². The van der Waals surface area contributed by atoms with Gasteiger partial charge in [-0.2, -0.15) is 0 Å². The van der Waals surface area contributed by atoms with Crippen molar-refractivity contribution >= 4 is 40.6 Å². The van der Waals surface area contributed by atoms with Crippen LogP contribution < -0.4 is 5.06 Å². The Labute approximate surface area is 192 Å². The maximum Gasteiger partial charge on any atom is 0.262 e. The normalized spacial score (nSPS) is 24.8. The number of hydroxylamine groups is 1. The zero-order valence-corrected chi connectivity index (χ0v) is 19.2. The lowest BCUT2D eigenvalue weighted by Crippen LogP contribution is -2.42. The highest BCUT2D eigenvalue weighted by Gasteiger charge is 2.63. The van der Waals surface area contributed by atoms with E-state index in [2.05, 4.69) is 6.58 Å². The molecule has 31 heavy (non-hydrogen) atoms. The van der Waals surface area contributed by atoms with Crippen molar-refractivity contribution in [2.45, 2.75) is 50.8 Å². The molecule has 2 atom stereocenters. The number of hydrogen-bond acceptors (Lipinski definition) is 4. The van der Waals surface area contributed by atoms with Gasteiger partial charge in [0, 0.05) is 34.7 Å². The van der Waals surface area contributed by atoms with E-state index >= 15 is 0 Å². The highest BCUT2D eigenvalue weighted by molar-refractivity contribution is 6.37. The Balaban J connectivity index is 1.78. The van der Waals surface area contributed by atoms with E-state index in [0.29, 0.717) is 28.4 Å². The third kappa shape index (κ3) is 3.65. The van der Waals surface area contributed by atoms with Crippen LogP contribution in [0, 0.1) is 0 Å². The van der Waals surface area contributed by atoms with E-state index < -0.39 is 17.2 Å². The molecule has 2 fully saturated rings.